The van der Waals surface area contributed by atoms with Gasteiger partial charge in [-0.3, -0.25) is 4.79 Å². The average molecular weight is 173 g/mol. The van der Waals surface area contributed by atoms with Crippen molar-refractivity contribution in [3.05, 3.63) is 5.82 Å². The Morgan fingerprint density at radius 1 is 1.55 bits per heavy atom. The van der Waals surface area contributed by atoms with Crippen LogP contribution in [0.5, 0.6) is 0 Å². The number of carbonyl (C=O) groups excluding carboxylic acids is 1. The van der Waals surface area contributed by atoms with Crippen molar-refractivity contribution in [2.45, 2.75) is 0 Å². The summed E-state index contributed by atoms with van der Waals surface area (Å²) in [4.78, 5) is 24.0. The normalized spacial score (nSPS) is 9.45. The van der Waals surface area contributed by atoms with Gasteiger partial charge in [0.2, 0.25) is 5.82 Å². The number of carbonyl (C=O) groups is 2. The number of rotatable bonds is 2. The molecule has 0 atom stereocenters. The zero-order valence-corrected chi connectivity index (χ0v) is 5.96. The molecule has 1 rings (SSSR count). The van der Waals surface area contributed by atoms with E-state index in [1.54, 1.807) is 0 Å². The fraction of sp³-hybridized carbons (Fsp3) is 0. The Morgan fingerprint density at radius 3 is 2.55 bits per heavy atom. The van der Waals surface area contributed by atoms with E-state index in [1.165, 1.54) is 0 Å². The third-order valence-corrected chi connectivity index (χ3v) is 1.38. The number of ketones is 1. The topological polar surface area (TPSA) is 106 Å². The first-order valence-corrected chi connectivity index (χ1v) is 3.25. The summed E-state index contributed by atoms with van der Waals surface area (Å²) < 4.78 is 3.41. The van der Waals surface area contributed by atoms with Gasteiger partial charge in [-0.2, -0.15) is 9.36 Å². The van der Waals surface area contributed by atoms with E-state index in [1.807, 2.05) is 0 Å². The monoisotopic (exact) mass is 173 g/mol. The van der Waals surface area contributed by atoms with E-state index < -0.39 is 11.8 Å². The van der Waals surface area contributed by atoms with Crippen molar-refractivity contribution < 1.29 is 14.7 Å². The molecule has 11 heavy (non-hydrogen) atoms. The highest BCUT2D eigenvalue weighted by molar-refractivity contribution is 7.09. The molecule has 58 valence electrons. The minimum Gasteiger partial charge on any atom is -0.475 e. The fourth-order valence-electron chi connectivity index (χ4n) is 0.423. The van der Waals surface area contributed by atoms with Gasteiger partial charge in [0.15, 0.2) is 5.13 Å². The molecule has 0 bridgehead atoms. The molecule has 0 aromatic carbocycles. The number of aromatic nitrogens is 2. The zero-order valence-electron chi connectivity index (χ0n) is 5.14. The van der Waals surface area contributed by atoms with Crippen LogP contribution >= 0.6 is 11.5 Å². The second-order valence-electron chi connectivity index (χ2n) is 1.59. The van der Waals surface area contributed by atoms with Crippen LogP contribution < -0.4 is 5.73 Å². The minimum absolute atomic E-state index is 0.0783. The van der Waals surface area contributed by atoms with E-state index >= 15 is 0 Å². The molecule has 0 saturated heterocycles. The van der Waals surface area contributed by atoms with Gasteiger partial charge in [-0.25, -0.2) is 4.79 Å². The maximum atomic E-state index is 10.6. The summed E-state index contributed by atoms with van der Waals surface area (Å²) in [7, 11) is 0. The van der Waals surface area contributed by atoms with Gasteiger partial charge in [-0.15, -0.1) is 0 Å². The van der Waals surface area contributed by atoms with Gasteiger partial charge in [0.1, 0.15) is 0 Å². The van der Waals surface area contributed by atoms with Crippen LogP contribution in [-0.4, -0.2) is 26.2 Å². The van der Waals surface area contributed by atoms with Crippen LogP contribution in [0, 0.1) is 0 Å². The number of Topliss-reactive ketones (excluding diaryl/α,β-unsaturated/α-hetero) is 1. The molecule has 1 aromatic heterocycles. The number of hydrogen-bond acceptors (Lipinski definition) is 6. The number of nitrogens with two attached hydrogens (primary N) is 1. The first kappa shape index (κ1) is 7.61. The highest BCUT2D eigenvalue weighted by Gasteiger charge is 2.19. The van der Waals surface area contributed by atoms with Gasteiger partial charge in [-0.1, -0.05) is 0 Å². The van der Waals surface area contributed by atoms with E-state index in [2.05, 4.69) is 9.36 Å². The van der Waals surface area contributed by atoms with Gasteiger partial charge in [0.05, 0.1) is 0 Å². The van der Waals surface area contributed by atoms with Crippen LogP contribution in [0.4, 0.5) is 5.13 Å². The predicted octanol–water partition coefficient (Wildman–Crippen LogP) is -0.612. The predicted molar refractivity (Wildman–Crippen MR) is 36.3 cm³/mol. The average Bonchev–Trinajstić information content (AvgIpc) is 2.34. The van der Waals surface area contributed by atoms with Crippen molar-refractivity contribution >= 4 is 28.4 Å². The van der Waals surface area contributed by atoms with Gasteiger partial charge in [-0.05, 0) is 0 Å². The molecule has 0 radical (unpaired) electrons. The van der Waals surface area contributed by atoms with E-state index in [0.29, 0.717) is 0 Å². The molecule has 0 aliphatic rings. The molecule has 0 amide bonds. The molecule has 3 N–H and O–H groups in total. The number of aliphatic carboxylic acids is 1. The van der Waals surface area contributed by atoms with Gasteiger partial charge < -0.3 is 10.8 Å². The van der Waals surface area contributed by atoms with E-state index in [0.717, 1.165) is 11.5 Å². The lowest BCUT2D eigenvalue weighted by molar-refractivity contribution is -0.131. The molecule has 0 aliphatic heterocycles. The smallest absolute Gasteiger partial charge is 0.380 e. The number of carboxylic acids is 1. The number of anilines is 1. The van der Waals surface area contributed by atoms with E-state index in [9.17, 15) is 9.59 Å². The third kappa shape index (κ3) is 1.49. The van der Waals surface area contributed by atoms with Crippen LogP contribution in [-0.2, 0) is 4.79 Å². The molecular weight excluding hydrogens is 170 g/mol. The summed E-state index contributed by atoms with van der Waals surface area (Å²) in [6.07, 6.45) is 0. The van der Waals surface area contributed by atoms with Crippen LogP contribution in [0.1, 0.15) is 10.6 Å². The van der Waals surface area contributed by atoms with Crippen LogP contribution in [0.15, 0.2) is 0 Å². The number of nitrogens with zero attached hydrogens (tertiary/aromatic N) is 2. The Morgan fingerprint density at radius 2 is 2.18 bits per heavy atom. The summed E-state index contributed by atoms with van der Waals surface area (Å²) >= 11 is 0.783. The summed E-state index contributed by atoms with van der Waals surface area (Å²) in [5, 5.41) is 8.26. The second kappa shape index (κ2) is 2.62. The summed E-state index contributed by atoms with van der Waals surface area (Å²) in [5.74, 6) is -3.08. The Kier molecular flexibility index (Phi) is 1.81. The Hall–Kier alpha value is -1.50. The molecule has 1 heterocycles. The maximum Gasteiger partial charge on any atom is 0.380 e. The Balaban J connectivity index is 2.94. The van der Waals surface area contributed by atoms with Crippen molar-refractivity contribution in [3.8, 4) is 0 Å². The van der Waals surface area contributed by atoms with Crippen molar-refractivity contribution in [1.29, 1.82) is 0 Å². The van der Waals surface area contributed by atoms with Crippen molar-refractivity contribution in [3.63, 3.8) is 0 Å². The molecule has 0 unspecified atom stereocenters. The largest absolute Gasteiger partial charge is 0.475 e. The molecule has 0 fully saturated rings. The van der Waals surface area contributed by atoms with Gasteiger partial charge in [0.25, 0.3) is 0 Å². The quantitative estimate of drug-likeness (QED) is 0.456. The zero-order chi connectivity index (χ0) is 8.43. The van der Waals surface area contributed by atoms with Gasteiger partial charge in [0, 0.05) is 11.5 Å². The molecule has 0 aliphatic carbocycles. The Bertz CT molecular complexity index is 307. The van der Waals surface area contributed by atoms with Crippen molar-refractivity contribution in [2.75, 3.05) is 5.73 Å². The molecule has 0 saturated carbocycles. The molecule has 6 nitrogen and oxygen atoms in total. The first-order valence-electron chi connectivity index (χ1n) is 2.48. The standard InChI is InChI=1S/C4H3N3O3S/c5-4-6-2(7-11-4)1(8)3(9)10/h(H,9,10)(H2,5,6,7). The molecule has 0 spiro atoms. The summed E-state index contributed by atoms with van der Waals surface area (Å²) in [5.41, 5.74) is 5.12. The lowest BCUT2D eigenvalue weighted by atomic mass is 10.4. The summed E-state index contributed by atoms with van der Waals surface area (Å²) in [6, 6.07) is 0. The lowest BCUT2D eigenvalue weighted by Gasteiger charge is -1.83. The first-order chi connectivity index (χ1) is 5.11. The van der Waals surface area contributed by atoms with Crippen molar-refractivity contribution in [2.24, 2.45) is 0 Å². The minimum atomic E-state index is -1.58. The number of hydrogen-bond donors (Lipinski definition) is 2. The van der Waals surface area contributed by atoms with Crippen molar-refractivity contribution in [1.82, 2.24) is 9.36 Å². The number of carboxylic acid groups (broad SMARTS) is 1. The van der Waals surface area contributed by atoms with Crippen LogP contribution in [0.3, 0.4) is 0 Å². The fourth-order valence-corrected chi connectivity index (χ4v) is 0.854. The van der Waals surface area contributed by atoms with Gasteiger partial charge >= 0.3 is 11.8 Å². The number of nitrogen functional groups attached to an aromatic ring is 1. The highest BCUT2D eigenvalue weighted by atomic mass is 32.1. The molecular formula is C4H3N3O3S. The SMILES string of the molecule is Nc1nc(C(=O)C(=O)O)ns1. The second-order valence-corrected chi connectivity index (χ2v) is 2.37. The maximum absolute atomic E-state index is 10.6. The third-order valence-electron chi connectivity index (χ3n) is 0.839. The van der Waals surface area contributed by atoms with E-state index in [4.69, 9.17) is 10.8 Å². The lowest BCUT2D eigenvalue weighted by Crippen LogP contribution is -2.14. The van der Waals surface area contributed by atoms with Crippen LogP contribution in [0.2, 0.25) is 0 Å². The van der Waals surface area contributed by atoms with Crippen LogP contribution in [0.25, 0.3) is 0 Å². The Labute approximate surface area is 64.8 Å². The molecule has 7 heteroatoms. The molecule has 1 aromatic rings. The van der Waals surface area contributed by atoms with E-state index in [-0.39, 0.29) is 11.0 Å². The summed E-state index contributed by atoms with van der Waals surface area (Å²) in [6.45, 7) is 0. The highest BCUT2D eigenvalue weighted by Crippen LogP contribution is 2.05.